The molecule has 4 heteroatoms. The molecule has 1 rings (SSSR count). The smallest absolute Gasteiger partial charge is 0.221 e. The van der Waals surface area contributed by atoms with Crippen LogP contribution in [0.15, 0.2) is 18.2 Å². The summed E-state index contributed by atoms with van der Waals surface area (Å²) in [6.07, 6.45) is 0.910. The van der Waals surface area contributed by atoms with Crippen molar-refractivity contribution in [2.45, 2.75) is 12.8 Å². The lowest BCUT2D eigenvalue weighted by molar-refractivity contribution is -0.111. The number of methoxy groups -OCH3 is 2. The van der Waals surface area contributed by atoms with Crippen LogP contribution in [0.2, 0.25) is 0 Å². The van der Waals surface area contributed by atoms with Crippen LogP contribution in [0, 0.1) is 0 Å². The normalized spacial score (nSPS) is 9.80. The summed E-state index contributed by atoms with van der Waals surface area (Å²) >= 11 is 5.27. The second-order valence-corrected chi connectivity index (χ2v) is 3.50. The standard InChI is InChI=1S/C11H13ClO3/c1-14-9-5-8(3-4-11(12)13)6-10(7-9)15-2/h5-7H,3-4H2,1-2H3. The molecule has 0 atom stereocenters. The van der Waals surface area contributed by atoms with E-state index in [1.807, 2.05) is 12.1 Å². The molecule has 0 saturated heterocycles. The molecule has 0 amide bonds. The average Bonchev–Trinajstić information content (AvgIpc) is 2.25. The lowest BCUT2D eigenvalue weighted by atomic mass is 10.1. The Morgan fingerprint density at radius 1 is 1.20 bits per heavy atom. The lowest BCUT2D eigenvalue weighted by Crippen LogP contribution is -1.94. The Balaban J connectivity index is 2.81. The van der Waals surface area contributed by atoms with Gasteiger partial charge in [-0.05, 0) is 35.7 Å². The van der Waals surface area contributed by atoms with Crippen molar-refractivity contribution in [2.75, 3.05) is 14.2 Å². The minimum Gasteiger partial charge on any atom is -0.497 e. The van der Waals surface area contributed by atoms with Gasteiger partial charge < -0.3 is 9.47 Å². The fraction of sp³-hybridized carbons (Fsp3) is 0.364. The van der Waals surface area contributed by atoms with Crippen molar-refractivity contribution in [3.63, 3.8) is 0 Å². The summed E-state index contributed by atoms with van der Waals surface area (Å²) in [5.74, 6) is 1.43. The molecule has 0 N–H and O–H groups in total. The Morgan fingerprint density at radius 3 is 2.13 bits per heavy atom. The second-order valence-electron chi connectivity index (χ2n) is 3.08. The summed E-state index contributed by atoms with van der Waals surface area (Å²) in [5, 5.41) is -0.336. The van der Waals surface area contributed by atoms with Gasteiger partial charge in [-0.1, -0.05) is 0 Å². The van der Waals surface area contributed by atoms with Crippen LogP contribution in [0.4, 0.5) is 0 Å². The van der Waals surface area contributed by atoms with E-state index < -0.39 is 0 Å². The second kappa shape index (κ2) is 5.61. The lowest BCUT2D eigenvalue weighted by Gasteiger charge is -2.07. The van der Waals surface area contributed by atoms with Crippen LogP contribution in [0.25, 0.3) is 0 Å². The highest BCUT2D eigenvalue weighted by Gasteiger charge is 2.03. The van der Waals surface area contributed by atoms with Crippen LogP contribution in [0.3, 0.4) is 0 Å². The van der Waals surface area contributed by atoms with E-state index in [1.54, 1.807) is 20.3 Å². The first-order valence-corrected chi connectivity index (χ1v) is 4.93. The van der Waals surface area contributed by atoms with E-state index in [0.717, 1.165) is 5.56 Å². The molecule has 0 heterocycles. The first kappa shape index (κ1) is 11.9. The molecule has 3 nitrogen and oxygen atoms in total. The highest BCUT2D eigenvalue weighted by atomic mass is 35.5. The maximum atomic E-state index is 10.6. The van der Waals surface area contributed by atoms with Crippen LogP contribution >= 0.6 is 11.6 Å². The van der Waals surface area contributed by atoms with Gasteiger partial charge in [0.25, 0.3) is 0 Å². The van der Waals surface area contributed by atoms with Gasteiger partial charge in [0.05, 0.1) is 14.2 Å². The first-order chi connectivity index (χ1) is 7.15. The fourth-order valence-corrected chi connectivity index (χ4v) is 1.35. The van der Waals surface area contributed by atoms with Crippen molar-refractivity contribution in [3.05, 3.63) is 23.8 Å². The van der Waals surface area contributed by atoms with E-state index in [1.165, 1.54) is 0 Å². The Labute approximate surface area is 93.9 Å². The van der Waals surface area contributed by atoms with Crippen molar-refractivity contribution < 1.29 is 14.3 Å². The zero-order chi connectivity index (χ0) is 11.3. The number of hydrogen-bond acceptors (Lipinski definition) is 3. The molecule has 1 aromatic carbocycles. The van der Waals surface area contributed by atoms with Gasteiger partial charge in [-0.3, -0.25) is 4.79 Å². The Kier molecular flexibility index (Phi) is 4.43. The van der Waals surface area contributed by atoms with E-state index >= 15 is 0 Å². The van der Waals surface area contributed by atoms with Crippen LogP contribution in [-0.4, -0.2) is 19.5 Å². The summed E-state index contributed by atoms with van der Waals surface area (Å²) in [6, 6.07) is 5.51. The topological polar surface area (TPSA) is 35.5 Å². The first-order valence-electron chi connectivity index (χ1n) is 4.56. The zero-order valence-electron chi connectivity index (χ0n) is 8.75. The van der Waals surface area contributed by atoms with Crippen LogP contribution in [0.5, 0.6) is 11.5 Å². The van der Waals surface area contributed by atoms with Crippen molar-refractivity contribution in [2.24, 2.45) is 0 Å². The fourth-order valence-electron chi connectivity index (χ4n) is 1.25. The van der Waals surface area contributed by atoms with Crippen molar-refractivity contribution in [1.82, 2.24) is 0 Å². The number of ether oxygens (including phenoxy) is 2. The highest BCUT2D eigenvalue weighted by Crippen LogP contribution is 2.23. The Hall–Kier alpha value is -1.22. The molecule has 15 heavy (non-hydrogen) atoms. The Morgan fingerprint density at radius 2 is 1.73 bits per heavy atom. The maximum Gasteiger partial charge on any atom is 0.221 e. The Bertz CT molecular complexity index is 327. The van der Waals surface area contributed by atoms with Crippen molar-refractivity contribution in [3.8, 4) is 11.5 Å². The maximum absolute atomic E-state index is 10.6. The van der Waals surface area contributed by atoms with E-state index in [9.17, 15) is 4.79 Å². The van der Waals surface area contributed by atoms with Crippen LogP contribution in [-0.2, 0) is 11.2 Å². The molecule has 0 bridgehead atoms. The molecule has 0 aliphatic carbocycles. The number of halogens is 1. The monoisotopic (exact) mass is 228 g/mol. The molecule has 0 unspecified atom stereocenters. The molecular weight excluding hydrogens is 216 g/mol. The van der Waals surface area contributed by atoms with E-state index in [-0.39, 0.29) is 5.24 Å². The molecule has 0 aliphatic rings. The molecule has 0 aliphatic heterocycles. The van der Waals surface area contributed by atoms with Gasteiger partial charge in [-0.15, -0.1) is 0 Å². The van der Waals surface area contributed by atoms with Gasteiger partial charge in [0, 0.05) is 12.5 Å². The van der Waals surface area contributed by atoms with E-state index in [2.05, 4.69) is 0 Å². The quantitative estimate of drug-likeness (QED) is 0.726. The minimum atomic E-state index is -0.336. The van der Waals surface area contributed by atoms with Crippen molar-refractivity contribution >= 4 is 16.8 Å². The molecule has 0 fully saturated rings. The zero-order valence-corrected chi connectivity index (χ0v) is 9.50. The highest BCUT2D eigenvalue weighted by molar-refractivity contribution is 6.63. The van der Waals surface area contributed by atoms with Gasteiger partial charge in [-0.2, -0.15) is 0 Å². The number of rotatable bonds is 5. The van der Waals surface area contributed by atoms with E-state index in [0.29, 0.717) is 24.3 Å². The van der Waals surface area contributed by atoms with Gasteiger partial charge in [0.1, 0.15) is 11.5 Å². The summed E-state index contributed by atoms with van der Waals surface area (Å²) in [5.41, 5.74) is 0.972. The summed E-state index contributed by atoms with van der Waals surface area (Å²) in [6.45, 7) is 0. The number of hydrogen-bond donors (Lipinski definition) is 0. The number of aryl methyl sites for hydroxylation is 1. The van der Waals surface area contributed by atoms with Crippen LogP contribution < -0.4 is 9.47 Å². The average molecular weight is 229 g/mol. The summed E-state index contributed by atoms with van der Waals surface area (Å²) < 4.78 is 10.2. The van der Waals surface area contributed by atoms with Crippen molar-refractivity contribution in [1.29, 1.82) is 0 Å². The molecular formula is C11H13ClO3. The minimum absolute atomic E-state index is 0.317. The third-order valence-corrected chi connectivity index (χ3v) is 2.21. The molecule has 0 spiro atoms. The molecule has 82 valence electrons. The molecule has 0 saturated carbocycles. The van der Waals surface area contributed by atoms with Gasteiger partial charge in [0.15, 0.2) is 0 Å². The van der Waals surface area contributed by atoms with Gasteiger partial charge >= 0.3 is 0 Å². The predicted molar refractivity (Wildman–Crippen MR) is 58.7 cm³/mol. The van der Waals surface area contributed by atoms with Gasteiger partial charge in [-0.25, -0.2) is 0 Å². The molecule has 0 aromatic heterocycles. The SMILES string of the molecule is COc1cc(CCC(=O)Cl)cc(OC)c1. The van der Waals surface area contributed by atoms with E-state index in [4.69, 9.17) is 21.1 Å². The number of carbonyl (C=O) groups is 1. The third-order valence-electron chi connectivity index (χ3n) is 2.02. The molecule has 0 radical (unpaired) electrons. The third kappa shape index (κ3) is 3.80. The predicted octanol–water partition coefficient (Wildman–Crippen LogP) is 2.40. The summed E-state index contributed by atoms with van der Waals surface area (Å²) in [4.78, 5) is 10.6. The molecule has 1 aromatic rings. The number of benzene rings is 1. The largest absolute Gasteiger partial charge is 0.497 e. The van der Waals surface area contributed by atoms with Crippen LogP contribution in [0.1, 0.15) is 12.0 Å². The summed E-state index contributed by atoms with van der Waals surface area (Å²) in [7, 11) is 3.18. The van der Waals surface area contributed by atoms with Gasteiger partial charge in [0.2, 0.25) is 5.24 Å². The number of carbonyl (C=O) groups excluding carboxylic acids is 1.